The molecular formula is C15H19N3O2S. The van der Waals surface area contributed by atoms with Crippen LogP contribution in [0.1, 0.15) is 47.8 Å². The molecule has 112 valence electrons. The van der Waals surface area contributed by atoms with Gasteiger partial charge >= 0.3 is 5.97 Å². The highest BCUT2D eigenvalue weighted by Crippen LogP contribution is 2.38. The molecule has 2 N–H and O–H groups in total. The number of anilines is 1. The largest absolute Gasteiger partial charge is 0.477 e. The minimum absolute atomic E-state index is 0.316. The second-order valence-corrected chi connectivity index (χ2v) is 7.13. The Morgan fingerprint density at radius 1 is 1.43 bits per heavy atom. The molecule has 1 aliphatic rings. The summed E-state index contributed by atoms with van der Waals surface area (Å²) in [5.74, 6) is -0.140. The summed E-state index contributed by atoms with van der Waals surface area (Å²) >= 11 is 1.21. The number of thiophene rings is 1. The molecule has 2 aromatic rings. The molecule has 0 atom stereocenters. The number of aromatic carboxylic acids is 1. The summed E-state index contributed by atoms with van der Waals surface area (Å²) in [6.45, 7) is 5.00. The molecule has 1 saturated carbocycles. The first-order chi connectivity index (χ1) is 10.0. The Kier molecular flexibility index (Phi) is 3.57. The Balaban J connectivity index is 1.93. The zero-order valence-electron chi connectivity index (χ0n) is 12.3. The number of rotatable bonds is 4. The first-order valence-corrected chi connectivity index (χ1v) is 8.03. The average molecular weight is 305 g/mol. The Hall–Kier alpha value is -1.69. The van der Waals surface area contributed by atoms with Crippen molar-refractivity contribution in [2.24, 2.45) is 5.41 Å². The van der Waals surface area contributed by atoms with Crippen LogP contribution in [-0.4, -0.2) is 27.6 Å². The maximum atomic E-state index is 11.3. The van der Waals surface area contributed by atoms with Crippen molar-refractivity contribution >= 4 is 33.3 Å². The Morgan fingerprint density at radius 3 is 2.81 bits per heavy atom. The molecule has 0 aliphatic heterocycles. The van der Waals surface area contributed by atoms with E-state index in [2.05, 4.69) is 22.2 Å². The van der Waals surface area contributed by atoms with Crippen molar-refractivity contribution in [1.82, 2.24) is 9.97 Å². The van der Waals surface area contributed by atoms with Crippen molar-refractivity contribution in [2.45, 2.75) is 39.5 Å². The fraction of sp³-hybridized carbons (Fsp3) is 0.533. The van der Waals surface area contributed by atoms with Gasteiger partial charge in [-0.1, -0.05) is 19.8 Å². The normalized spacial score (nSPS) is 17.2. The minimum atomic E-state index is -0.899. The molecule has 0 unspecified atom stereocenters. The lowest BCUT2D eigenvalue weighted by atomic mass is 9.89. The molecule has 2 aromatic heterocycles. The van der Waals surface area contributed by atoms with Gasteiger partial charge in [-0.3, -0.25) is 0 Å². The van der Waals surface area contributed by atoms with E-state index in [4.69, 9.17) is 0 Å². The van der Waals surface area contributed by atoms with Gasteiger partial charge in [0.25, 0.3) is 0 Å². The third-order valence-corrected chi connectivity index (χ3v) is 5.60. The van der Waals surface area contributed by atoms with Crippen molar-refractivity contribution in [3.8, 4) is 0 Å². The van der Waals surface area contributed by atoms with Crippen LogP contribution in [0.25, 0.3) is 10.2 Å². The summed E-state index contributed by atoms with van der Waals surface area (Å²) < 4.78 is 0. The van der Waals surface area contributed by atoms with Crippen LogP contribution in [0.15, 0.2) is 6.33 Å². The van der Waals surface area contributed by atoms with E-state index in [-0.39, 0.29) is 0 Å². The van der Waals surface area contributed by atoms with E-state index in [9.17, 15) is 9.90 Å². The van der Waals surface area contributed by atoms with Crippen LogP contribution >= 0.6 is 11.3 Å². The molecule has 0 saturated heterocycles. The highest BCUT2D eigenvalue weighted by Gasteiger charge is 2.29. The zero-order valence-corrected chi connectivity index (χ0v) is 13.1. The van der Waals surface area contributed by atoms with E-state index in [1.165, 1.54) is 43.3 Å². The fourth-order valence-electron chi connectivity index (χ4n) is 3.11. The van der Waals surface area contributed by atoms with Crippen LogP contribution in [0.2, 0.25) is 0 Å². The van der Waals surface area contributed by atoms with E-state index in [1.54, 1.807) is 0 Å². The lowest BCUT2D eigenvalue weighted by molar-refractivity contribution is 0.0701. The number of nitrogens with zero attached hydrogens (tertiary/aromatic N) is 2. The van der Waals surface area contributed by atoms with Crippen LogP contribution in [0.5, 0.6) is 0 Å². The summed E-state index contributed by atoms with van der Waals surface area (Å²) in [6, 6.07) is 0. The molecule has 1 fully saturated rings. The Bertz CT molecular complexity index is 690. The highest BCUT2D eigenvalue weighted by molar-refractivity contribution is 7.20. The maximum absolute atomic E-state index is 11.3. The zero-order chi connectivity index (χ0) is 15.0. The fourth-order valence-corrected chi connectivity index (χ4v) is 4.10. The summed E-state index contributed by atoms with van der Waals surface area (Å²) in [4.78, 5) is 20.9. The number of hydrogen-bond donors (Lipinski definition) is 2. The van der Waals surface area contributed by atoms with Crippen molar-refractivity contribution in [3.05, 3.63) is 16.8 Å². The van der Waals surface area contributed by atoms with E-state index in [0.717, 1.165) is 28.1 Å². The van der Waals surface area contributed by atoms with Gasteiger partial charge in [0.05, 0.1) is 5.39 Å². The summed E-state index contributed by atoms with van der Waals surface area (Å²) in [5, 5.41) is 13.5. The molecule has 6 heteroatoms. The second-order valence-electron chi connectivity index (χ2n) is 6.14. The maximum Gasteiger partial charge on any atom is 0.346 e. The third kappa shape index (κ3) is 2.60. The lowest BCUT2D eigenvalue weighted by Gasteiger charge is -2.24. The molecule has 5 nitrogen and oxygen atoms in total. The van der Waals surface area contributed by atoms with Crippen molar-refractivity contribution in [1.29, 1.82) is 0 Å². The number of carboxylic acids is 1. The molecule has 0 aromatic carbocycles. The number of carbonyl (C=O) groups is 1. The number of nitrogens with one attached hydrogen (secondary N) is 1. The van der Waals surface area contributed by atoms with Crippen LogP contribution in [0.4, 0.5) is 5.82 Å². The van der Waals surface area contributed by atoms with E-state index < -0.39 is 5.97 Å². The van der Waals surface area contributed by atoms with Crippen molar-refractivity contribution in [2.75, 3.05) is 11.9 Å². The SMILES string of the molecule is Cc1c(C(=O)O)sc2ncnc(NCC3(C)CCCC3)c12. The minimum Gasteiger partial charge on any atom is -0.477 e. The van der Waals surface area contributed by atoms with Gasteiger partial charge in [0.1, 0.15) is 21.9 Å². The van der Waals surface area contributed by atoms with Gasteiger partial charge in [-0.05, 0) is 30.7 Å². The molecule has 0 amide bonds. The first-order valence-electron chi connectivity index (χ1n) is 7.21. The molecule has 0 spiro atoms. The van der Waals surface area contributed by atoms with E-state index in [1.807, 2.05) is 6.92 Å². The molecule has 3 rings (SSSR count). The third-order valence-electron chi connectivity index (χ3n) is 4.41. The predicted molar refractivity (Wildman–Crippen MR) is 84.2 cm³/mol. The number of aromatic nitrogens is 2. The van der Waals surface area contributed by atoms with Gasteiger partial charge in [0, 0.05) is 6.54 Å². The molecule has 2 heterocycles. The van der Waals surface area contributed by atoms with Crippen LogP contribution < -0.4 is 5.32 Å². The standard InChI is InChI=1S/C15H19N3O2S/c1-9-10-12(16-7-15(2)5-3-4-6-15)17-8-18-13(10)21-11(9)14(19)20/h8H,3-7H2,1-2H3,(H,19,20)(H,16,17,18). The summed E-state index contributed by atoms with van der Waals surface area (Å²) in [7, 11) is 0. The topological polar surface area (TPSA) is 75.1 Å². The number of fused-ring (bicyclic) bond motifs is 1. The van der Waals surface area contributed by atoms with Crippen LogP contribution in [-0.2, 0) is 0 Å². The number of hydrogen-bond acceptors (Lipinski definition) is 5. The Labute approximate surface area is 127 Å². The molecule has 0 radical (unpaired) electrons. The molecular weight excluding hydrogens is 286 g/mol. The van der Waals surface area contributed by atoms with Crippen LogP contribution in [0, 0.1) is 12.3 Å². The van der Waals surface area contributed by atoms with Crippen LogP contribution in [0.3, 0.4) is 0 Å². The predicted octanol–water partition coefficient (Wildman–Crippen LogP) is 3.69. The van der Waals surface area contributed by atoms with Crippen molar-refractivity contribution in [3.63, 3.8) is 0 Å². The van der Waals surface area contributed by atoms with E-state index >= 15 is 0 Å². The van der Waals surface area contributed by atoms with E-state index in [0.29, 0.717) is 10.3 Å². The van der Waals surface area contributed by atoms with Gasteiger partial charge < -0.3 is 10.4 Å². The summed E-state index contributed by atoms with van der Waals surface area (Å²) in [6.07, 6.45) is 6.55. The lowest BCUT2D eigenvalue weighted by Crippen LogP contribution is -2.23. The highest BCUT2D eigenvalue weighted by atomic mass is 32.1. The average Bonchev–Trinajstić information content (AvgIpc) is 3.02. The number of aryl methyl sites for hydroxylation is 1. The summed E-state index contributed by atoms with van der Waals surface area (Å²) in [5.41, 5.74) is 1.07. The monoisotopic (exact) mass is 305 g/mol. The quantitative estimate of drug-likeness (QED) is 0.901. The molecule has 0 bridgehead atoms. The van der Waals surface area contributed by atoms with Crippen molar-refractivity contribution < 1.29 is 9.90 Å². The number of carboxylic acid groups (broad SMARTS) is 1. The van der Waals surface area contributed by atoms with Gasteiger partial charge in [-0.25, -0.2) is 14.8 Å². The first kappa shape index (κ1) is 14.3. The van der Waals surface area contributed by atoms with Gasteiger partial charge in [0.2, 0.25) is 0 Å². The smallest absolute Gasteiger partial charge is 0.346 e. The second kappa shape index (κ2) is 5.26. The molecule has 21 heavy (non-hydrogen) atoms. The van der Waals surface area contributed by atoms with Gasteiger partial charge in [-0.15, -0.1) is 11.3 Å². The molecule has 1 aliphatic carbocycles. The van der Waals surface area contributed by atoms with Gasteiger partial charge in [-0.2, -0.15) is 0 Å². The van der Waals surface area contributed by atoms with Gasteiger partial charge in [0.15, 0.2) is 0 Å². The Morgan fingerprint density at radius 2 is 2.14 bits per heavy atom.